The minimum Gasteiger partial charge on any atom is -0.442 e. The van der Waals surface area contributed by atoms with Crippen molar-refractivity contribution < 1.29 is 19.1 Å². The number of amides is 3. The van der Waals surface area contributed by atoms with Crippen LogP contribution in [0.15, 0.2) is 84.9 Å². The molecule has 0 bridgehead atoms. The highest BCUT2D eigenvalue weighted by Crippen LogP contribution is 2.46. The van der Waals surface area contributed by atoms with Crippen LogP contribution >= 0.6 is 0 Å². The number of nitrogens with zero attached hydrogens (tertiary/aromatic N) is 6. The Morgan fingerprint density at radius 2 is 1.26 bits per heavy atom. The number of nitrogens with one attached hydrogen (secondary N) is 1. The van der Waals surface area contributed by atoms with E-state index in [4.69, 9.17) is 20.4 Å². The Balaban J connectivity index is 1.37. The van der Waals surface area contributed by atoms with Gasteiger partial charge in [-0.2, -0.15) is 0 Å². The van der Waals surface area contributed by atoms with E-state index in [9.17, 15) is 9.59 Å². The van der Waals surface area contributed by atoms with Crippen molar-refractivity contribution in [2.75, 3.05) is 27.9 Å². The van der Waals surface area contributed by atoms with Crippen molar-refractivity contribution in [1.29, 1.82) is 0 Å². The topological polar surface area (TPSA) is 143 Å². The highest BCUT2D eigenvalue weighted by atomic mass is 16.6. The summed E-state index contributed by atoms with van der Waals surface area (Å²) in [5, 5.41) is 1.64. The van der Waals surface area contributed by atoms with Crippen LogP contribution in [0.3, 0.4) is 0 Å². The number of ether oxygens (including phenoxy) is 1. The highest BCUT2D eigenvalue weighted by molar-refractivity contribution is 6.10. The van der Waals surface area contributed by atoms with Gasteiger partial charge in [-0.25, -0.2) is 24.4 Å². The molecular weight excluding hydrogens is 813 g/mol. The standard InChI is InChI=1S/C53H66N8O4/c1-10-12-20-26-58-42-32-40-39(30-36(42)52(6,7)48(58)62)55-46(56-40)45(29-35-24-18-15-19-25-35)61(50(64)65-51(3,4)5)60-44-31-37-43(59(27-21-13-11-2)49(63)53(37,8)9)33-41(44)57-47(60)38(54)28-34-22-16-14-17-23-34/h14-19,22-25,30-33,38,45H,10-13,20-21,26-29,54H2,1-9H3,(H,55,56)/t38-,45-/m0/s1. The Morgan fingerprint density at radius 1 is 0.738 bits per heavy atom. The summed E-state index contributed by atoms with van der Waals surface area (Å²) in [6.45, 7) is 19.0. The largest absolute Gasteiger partial charge is 0.442 e. The molecular formula is C53H66N8O4. The van der Waals surface area contributed by atoms with Crippen molar-refractivity contribution in [1.82, 2.24) is 19.6 Å². The summed E-state index contributed by atoms with van der Waals surface area (Å²) in [4.78, 5) is 61.5. The molecule has 65 heavy (non-hydrogen) atoms. The van der Waals surface area contributed by atoms with Gasteiger partial charge in [-0.3, -0.25) is 9.59 Å². The number of aromatic amines is 1. The summed E-state index contributed by atoms with van der Waals surface area (Å²) in [7, 11) is 0. The molecule has 12 heteroatoms. The highest BCUT2D eigenvalue weighted by Gasteiger charge is 2.46. The van der Waals surface area contributed by atoms with Crippen molar-refractivity contribution >= 4 is 51.3 Å². The molecule has 0 aliphatic carbocycles. The number of hydrogen-bond donors (Lipinski definition) is 2. The zero-order valence-electron chi connectivity index (χ0n) is 39.7. The van der Waals surface area contributed by atoms with Gasteiger partial charge in [-0.05, 0) is 114 Å². The zero-order chi connectivity index (χ0) is 46.4. The minimum atomic E-state index is -0.877. The van der Waals surface area contributed by atoms with Gasteiger partial charge in [0.1, 0.15) is 23.3 Å². The number of imidazole rings is 2. The first kappa shape index (κ1) is 45.6. The lowest BCUT2D eigenvalue weighted by Crippen LogP contribution is -2.48. The number of anilines is 2. The summed E-state index contributed by atoms with van der Waals surface area (Å²) in [6, 6.07) is 26.7. The summed E-state index contributed by atoms with van der Waals surface area (Å²) in [5.41, 5.74) is 13.0. The second kappa shape index (κ2) is 17.8. The molecule has 4 heterocycles. The van der Waals surface area contributed by atoms with Crippen molar-refractivity contribution in [2.45, 2.75) is 142 Å². The third-order valence-corrected chi connectivity index (χ3v) is 13.2. The Hall–Kier alpha value is -6.01. The number of rotatable bonds is 16. The zero-order valence-corrected chi connectivity index (χ0v) is 39.7. The molecule has 0 saturated carbocycles. The molecule has 4 aromatic carbocycles. The first-order valence-electron chi connectivity index (χ1n) is 23.6. The third-order valence-electron chi connectivity index (χ3n) is 13.2. The molecule has 6 aromatic rings. The number of carbonyl (C=O) groups excluding carboxylic acids is 3. The number of H-pyrrole nitrogens is 1. The second-order valence-electron chi connectivity index (χ2n) is 20.1. The lowest BCUT2D eigenvalue weighted by Gasteiger charge is -2.35. The lowest BCUT2D eigenvalue weighted by molar-refractivity contribution is -0.122. The van der Waals surface area contributed by atoms with Crippen LogP contribution in [0.4, 0.5) is 16.2 Å². The Bertz CT molecular complexity index is 2710. The van der Waals surface area contributed by atoms with E-state index < -0.39 is 34.6 Å². The fourth-order valence-corrected chi connectivity index (χ4v) is 9.62. The van der Waals surface area contributed by atoms with E-state index >= 15 is 4.79 Å². The van der Waals surface area contributed by atoms with E-state index in [1.54, 1.807) is 5.01 Å². The van der Waals surface area contributed by atoms with Crippen molar-refractivity contribution in [3.63, 3.8) is 0 Å². The van der Waals surface area contributed by atoms with Crippen molar-refractivity contribution in [3.8, 4) is 0 Å². The maximum atomic E-state index is 15.4. The average molecular weight is 879 g/mol. The molecule has 0 spiro atoms. The Morgan fingerprint density at radius 3 is 1.80 bits per heavy atom. The Labute approximate surface area is 383 Å². The molecule has 0 radical (unpaired) electrons. The number of fused-ring (bicyclic) bond motifs is 4. The normalized spacial score (nSPS) is 16.3. The van der Waals surface area contributed by atoms with Crippen LogP contribution in [0, 0.1) is 0 Å². The molecule has 3 N–H and O–H groups in total. The van der Waals surface area contributed by atoms with E-state index in [0.717, 1.165) is 77.7 Å². The van der Waals surface area contributed by atoms with Gasteiger partial charge in [0.25, 0.3) is 0 Å². The summed E-state index contributed by atoms with van der Waals surface area (Å²) < 4.78 is 8.22. The van der Waals surface area contributed by atoms with Gasteiger partial charge in [-0.15, -0.1) is 0 Å². The van der Waals surface area contributed by atoms with E-state index in [2.05, 4.69) is 24.9 Å². The number of nitrogens with two attached hydrogens (primary N) is 1. The van der Waals surface area contributed by atoms with Crippen molar-refractivity contribution in [3.05, 3.63) is 119 Å². The van der Waals surface area contributed by atoms with Gasteiger partial charge in [-0.1, -0.05) is 100 Å². The van der Waals surface area contributed by atoms with E-state index in [1.807, 2.05) is 142 Å². The number of benzene rings is 4. The minimum absolute atomic E-state index is 0.0396. The van der Waals surface area contributed by atoms with Crippen LogP contribution in [0.25, 0.3) is 22.1 Å². The monoisotopic (exact) mass is 879 g/mol. The smallest absolute Gasteiger partial charge is 0.430 e. The fraction of sp³-hybridized carbons (Fsp3) is 0.453. The van der Waals surface area contributed by atoms with Gasteiger partial charge in [0.15, 0.2) is 0 Å². The molecule has 2 aromatic heterocycles. The van der Waals surface area contributed by atoms with E-state index in [1.165, 1.54) is 0 Å². The summed E-state index contributed by atoms with van der Waals surface area (Å²) in [6.07, 6.45) is 6.11. The predicted molar refractivity (Wildman–Crippen MR) is 260 cm³/mol. The molecule has 2 atom stereocenters. The second-order valence-corrected chi connectivity index (χ2v) is 20.1. The van der Waals surface area contributed by atoms with E-state index in [0.29, 0.717) is 54.1 Å². The maximum Gasteiger partial charge on any atom is 0.430 e. The molecule has 2 aliphatic rings. The van der Waals surface area contributed by atoms with Gasteiger partial charge < -0.3 is 25.3 Å². The SMILES string of the molecule is CCCCCN1C(=O)C(C)(C)c2cc3[nH]c([C@H](Cc4ccccc4)N(C(=O)OC(C)(C)C)n4c([C@@H](N)Cc5ccccc5)nc5cc6c(cc54)C(C)(C)C(=O)N6CCCCC)nc3cc21. The van der Waals surface area contributed by atoms with Crippen molar-refractivity contribution in [2.24, 2.45) is 5.73 Å². The van der Waals surface area contributed by atoms with Crippen LogP contribution in [0.5, 0.6) is 0 Å². The van der Waals surface area contributed by atoms with E-state index in [-0.39, 0.29) is 11.8 Å². The lowest BCUT2D eigenvalue weighted by atomic mass is 9.86. The fourth-order valence-electron chi connectivity index (χ4n) is 9.62. The van der Waals surface area contributed by atoms with Crippen LogP contribution in [-0.2, 0) is 38.0 Å². The molecule has 0 unspecified atom stereocenters. The van der Waals surface area contributed by atoms with Crippen LogP contribution in [-0.4, -0.2) is 56.2 Å². The van der Waals surface area contributed by atoms with Gasteiger partial charge >= 0.3 is 6.09 Å². The molecule has 3 amide bonds. The molecule has 0 saturated heterocycles. The third kappa shape index (κ3) is 8.65. The van der Waals surface area contributed by atoms with Crippen LogP contribution < -0.4 is 20.5 Å². The number of unbranched alkanes of at least 4 members (excludes halogenated alkanes) is 4. The first-order chi connectivity index (χ1) is 30.9. The average Bonchev–Trinajstić information content (AvgIpc) is 3.95. The number of hydrogen-bond acceptors (Lipinski definition) is 7. The van der Waals surface area contributed by atoms with Gasteiger partial charge in [0, 0.05) is 19.5 Å². The summed E-state index contributed by atoms with van der Waals surface area (Å²) >= 11 is 0. The van der Waals surface area contributed by atoms with Gasteiger partial charge in [0.05, 0.1) is 50.3 Å². The predicted octanol–water partition coefficient (Wildman–Crippen LogP) is 10.6. The molecule has 8 rings (SSSR count). The summed E-state index contributed by atoms with van der Waals surface area (Å²) in [5.74, 6) is 1.12. The number of carbonyl (C=O) groups is 3. The molecule has 2 aliphatic heterocycles. The van der Waals surface area contributed by atoms with Gasteiger partial charge in [0.2, 0.25) is 11.8 Å². The number of aromatic nitrogens is 4. The first-order valence-corrected chi connectivity index (χ1v) is 23.6. The Kier molecular flexibility index (Phi) is 12.4. The van der Waals surface area contributed by atoms with Crippen LogP contribution in [0.2, 0.25) is 0 Å². The van der Waals surface area contributed by atoms with Crippen LogP contribution in [0.1, 0.15) is 147 Å². The molecule has 0 fully saturated rings. The molecule has 342 valence electrons. The molecule has 12 nitrogen and oxygen atoms in total. The quantitative estimate of drug-likeness (QED) is 0.0922. The maximum absolute atomic E-state index is 15.4.